The number of hydrogen-bond acceptors (Lipinski definition) is 5. The van der Waals surface area contributed by atoms with Gasteiger partial charge in [-0.2, -0.15) is 5.26 Å². The molecule has 4 aromatic rings. The Morgan fingerprint density at radius 2 is 1.60 bits per heavy atom. The number of amides is 3. The van der Waals surface area contributed by atoms with Crippen LogP contribution in [0.3, 0.4) is 0 Å². The molecular weight excluding hydrogens is 460 g/mol. The molecule has 4 rings (SSSR count). The lowest BCUT2D eigenvalue weighted by atomic mass is 9.97. The van der Waals surface area contributed by atoms with Crippen molar-refractivity contribution in [2.75, 3.05) is 10.6 Å². The summed E-state index contributed by atoms with van der Waals surface area (Å²) in [5.74, 6) is -1.25. The van der Waals surface area contributed by atoms with Gasteiger partial charge in [0, 0.05) is 16.8 Å². The zero-order valence-electron chi connectivity index (χ0n) is 18.7. The second-order valence-corrected chi connectivity index (χ2v) is 8.65. The Bertz CT molecular complexity index is 1480. The molecule has 0 unspecified atom stereocenters. The first-order valence-electron chi connectivity index (χ1n) is 10.6. The van der Waals surface area contributed by atoms with Gasteiger partial charge in [-0.15, -0.1) is 11.3 Å². The number of rotatable bonds is 6. The van der Waals surface area contributed by atoms with E-state index >= 15 is 0 Å². The van der Waals surface area contributed by atoms with E-state index < -0.39 is 5.91 Å². The molecule has 0 atom stereocenters. The molecule has 8 heteroatoms. The number of primary amides is 1. The molecule has 3 aromatic carbocycles. The van der Waals surface area contributed by atoms with Crippen molar-refractivity contribution < 1.29 is 14.4 Å². The van der Waals surface area contributed by atoms with Crippen LogP contribution < -0.4 is 16.4 Å². The number of anilines is 2. The van der Waals surface area contributed by atoms with Crippen LogP contribution in [0.25, 0.3) is 11.1 Å². The van der Waals surface area contributed by atoms with Crippen molar-refractivity contribution in [3.63, 3.8) is 0 Å². The van der Waals surface area contributed by atoms with Gasteiger partial charge in [-0.25, -0.2) is 0 Å². The second-order valence-electron chi connectivity index (χ2n) is 7.74. The van der Waals surface area contributed by atoms with E-state index in [-0.39, 0.29) is 11.8 Å². The monoisotopic (exact) mass is 480 g/mol. The van der Waals surface area contributed by atoms with Crippen LogP contribution in [0.4, 0.5) is 11.4 Å². The molecule has 7 nitrogen and oxygen atoms in total. The molecular formula is C27H20N4O3S. The zero-order chi connectivity index (χ0) is 24.9. The third kappa shape index (κ3) is 5.27. The van der Waals surface area contributed by atoms with Gasteiger partial charge in [-0.05, 0) is 77.5 Å². The Morgan fingerprint density at radius 3 is 2.31 bits per heavy atom. The lowest BCUT2D eigenvalue weighted by molar-refractivity contribution is 0.100. The maximum Gasteiger partial charge on any atom is 0.260 e. The van der Waals surface area contributed by atoms with Gasteiger partial charge in [0.25, 0.3) is 17.7 Å². The van der Waals surface area contributed by atoms with E-state index in [0.29, 0.717) is 32.9 Å². The third-order valence-electron chi connectivity index (χ3n) is 5.34. The lowest BCUT2D eigenvalue weighted by Gasteiger charge is -2.11. The molecule has 35 heavy (non-hydrogen) atoms. The van der Waals surface area contributed by atoms with Crippen molar-refractivity contribution in [1.82, 2.24) is 0 Å². The van der Waals surface area contributed by atoms with Crippen molar-refractivity contribution >= 4 is 40.4 Å². The Hall–Kier alpha value is -4.74. The van der Waals surface area contributed by atoms with Gasteiger partial charge in [0.15, 0.2) is 0 Å². The van der Waals surface area contributed by atoms with E-state index in [1.807, 2.05) is 31.2 Å². The van der Waals surface area contributed by atoms with Crippen molar-refractivity contribution in [3.05, 3.63) is 105 Å². The van der Waals surface area contributed by atoms with Gasteiger partial charge in [0.05, 0.1) is 17.3 Å². The number of hydrogen-bond donors (Lipinski definition) is 3. The Morgan fingerprint density at radius 1 is 0.886 bits per heavy atom. The SMILES string of the molecule is Cc1ccc(C(=O)Nc2ccsc2C(N)=O)cc1-c1ccc(C(=O)Nc2cccc(C#N)c2)cc1. The number of benzene rings is 3. The van der Waals surface area contributed by atoms with E-state index in [2.05, 4.69) is 10.6 Å². The van der Waals surface area contributed by atoms with Crippen molar-refractivity contribution in [2.45, 2.75) is 6.92 Å². The number of nitriles is 1. The van der Waals surface area contributed by atoms with Crippen LogP contribution in [0.15, 0.2) is 78.2 Å². The third-order valence-corrected chi connectivity index (χ3v) is 6.27. The molecule has 0 spiro atoms. The van der Waals surface area contributed by atoms with Crippen molar-refractivity contribution in [2.24, 2.45) is 5.73 Å². The normalized spacial score (nSPS) is 10.3. The van der Waals surface area contributed by atoms with Crippen LogP contribution in [-0.4, -0.2) is 17.7 Å². The van der Waals surface area contributed by atoms with E-state index in [0.717, 1.165) is 16.7 Å². The highest BCUT2D eigenvalue weighted by Gasteiger charge is 2.15. The number of carbonyl (C=O) groups excluding carboxylic acids is 3. The van der Waals surface area contributed by atoms with Crippen LogP contribution in [-0.2, 0) is 0 Å². The fourth-order valence-corrected chi connectivity index (χ4v) is 4.24. The van der Waals surface area contributed by atoms with Crippen LogP contribution >= 0.6 is 11.3 Å². The summed E-state index contributed by atoms with van der Waals surface area (Å²) in [6, 6.07) is 22.7. The summed E-state index contributed by atoms with van der Waals surface area (Å²) in [4.78, 5) is 37.3. The molecule has 0 bridgehead atoms. The van der Waals surface area contributed by atoms with Gasteiger partial charge in [-0.1, -0.05) is 24.3 Å². The average Bonchev–Trinajstić information content (AvgIpc) is 3.33. The number of carbonyl (C=O) groups is 3. The number of nitrogens with two attached hydrogens (primary N) is 1. The highest BCUT2D eigenvalue weighted by molar-refractivity contribution is 7.12. The summed E-state index contributed by atoms with van der Waals surface area (Å²) in [5, 5.41) is 16.2. The first-order chi connectivity index (χ1) is 16.9. The highest BCUT2D eigenvalue weighted by Crippen LogP contribution is 2.27. The predicted octanol–water partition coefficient (Wildman–Crippen LogP) is 5.20. The average molecular weight is 481 g/mol. The summed E-state index contributed by atoms with van der Waals surface area (Å²) in [7, 11) is 0. The number of aryl methyl sites for hydroxylation is 1. The summed E-state index contributed by atoms with van der Waals surface area (Å²) in [6.45, 7) is 1.93. The standard InChI is InChI=1S/C27H20N4O3S/c1-16-5-6-20(27(34)31-23-11-12-35-24(23)25(29)32)14-22(16)18-7-9-19(10-8-18)26(33)30-21-4-2-3-17(13-21)15-28/h2-14H,1H3,(H2,29,32)(H,30,33)(H,31,34). The van der Waals surface area contributed by atoms with Crippen LogP contribution in [0.2, 0.25) is 0 Å². The molecule has 0 saturated carbocycles. The minimum Gasteiger partial charge on any atom is -0.365 e. The van der Waals surface area contributed by atoms with Crippen molar-refractivity contribution in [1.29, 1.82) is 5.26 Å². The molecule has 172 valence electrons. The minimum atomic E-state index is -0.596. The summed E-state index contributed by atoms with van der Waals surface area (Å²) in [5.41, 5.74) is 10.3. The maximum absolute atomic E-state index is 12.8. The molecule has 1 aromatic heterocycles. The Kier molecular flexibility index (Phi) is 6.71. The smallest absolute Gasteiger partial charge is 0.260 e. The quantitative estimate of drug-likeness (QED) is 0.351. The molecule has 1 heterocycles. The minimum absolute atomic E-state index is 0.291. The van der Waals surface area contributed by atoms with Gasteiger partial charge in [0.2, 0.25) is 0 Å². The first kappa shape index (κ1) is 23.4. The van der Waals surface area contributed by atoms with Gasteiger partial charge < -0.3 is 16.4 Å². The van der Waals surface area contributed by atoms with E-state index in [9.17, 15) is 14.4 Å². The van der Waals surface area contributed by atoms with Gasteiger partial charge in [0.1, 0.15) is 4.88 Å². The second kappa shape index (κ2) is 10.0. The first-order valence-corrected chi connectivity index (χ1v) is 11.4. The Labute approximate surface area is 205 Å². The van der Waals surface area contributed by atoms with E-state index in [1.165, 1.54) is 11.3 Å². The number of nitrogens with zero attached hydrogens (tertiary/aromatic N) is 1. The molecule has 0 aliphatic carbocycles. The van der Waals surface area contributed by atoms with Crippen molar-refractivity contribution in [3.8, 4) is 17.2 Å². The van der Waals surface area contributed by atoms with Crippen LogP contribution in [0.1, 0.15) is 41.5 Å². The summed E-state index contributed by atoms with van der Waals surface area (Å²) in [6.07, 6.45) is 0. The van der Waals surface area contributed by atoms with Crippen LogP contribution in [0.5, 0.6) is 0 Å². The van der Waals surface area contributed by atoms with Crippen LogP contribution in [0, 0.1) is 18.3 Å². The zero-order valence-corrected chi connectivity index (χ0v) is 19.5. The van der Waals surface area contributed by atoms with Gasteiger partial charge in [-0.3, -0.25) is 14.4 Å². The van der Waals surface area contributed by atoms with Gasteiger partial charge >= 0.3 is 0 Å². The fourth-order valence-electron chi connectivity index (χ4n) is 3.54. The largest absolute Gasteiger partial charge is 0.365 e. The number of thiophene rings is 1. The Balaban J connectivity index is 1.53. The molecule has 0 radical (unpaired) electrons. The molecule has 4 N–H and O–H groups in total. The molecule has 3 amide bonds. The fraction of sp³-hybridized carbons (Fsp3) is 0.0370. The molecule has 0 aliphatic rings. The number of nitrogens with one attached hydrogen (secondary N) is 2. The summed E-state index contributed by atoms with van der Waals surface area (Å²) >= 11 is 1.17. The molecule has 0 saturated heterocycles. The molecule has 0 fully saturated rings. The highest BCUT2D eigenvalue weighted by atomic mass is 32.1. The van der Waals surface area contributed by atoms with E-state index in [4.69, 9.17) is 11.0 Å². The van der Waals surface area contributed by atoms with E-state index in [1.54, 1.807) is 60.0 Å². The predicted molar refractivity (Wildman–Crippen MR) is 137 cm³/mol. The topological polar surface area (TPSA) is 125 Å². The molecule has 0 aliphatic heterocycles. The lowest BCUT2D eigenvalue weighted by Crippen LogP contribution is -2.16. The maximum atomic E-state index is 12.8. The summed E-state index contributed by atoms with van der Waals surface area (Å²) < 4.78 is 0.